The summed E-state index contributed by atoms with van der Waals surface area (Å²) < 4.78 is 0. The lowest BCUT2D eigenvalue weighted by atomic mass is 9.93. The van der Waals surface area contributed by atoms with Crippen molar-refractivity contribution >= 4 is 16.6 Å². The molecule has 1 aromatic heterocycles. The van der Waals surface area contributed by atoms with Gasteiger partial charge in [0, 0.05) is 17.6 Å². The van der Waals surface area contributed by atoms with Gasteiger partial charge < -0.3 is 5.32 Å². The smallest absolute Gasteiger partial charge is 0.0936 e. The van der Waals surface area contributed by atoms with Crippen LogP contribution < -0.4 is 5.32 Å². The number of nitrogens with zero attached hydrogens (tertiary/aromatic N) is 1. The predicted molar refractivity (Wildman–Crippen MR) is 83.8 cm³/mol. The second-order valence-electron chi connectivity index (χ2n) is 6.25. The first-order valence-electron chi connectivity index (χ1n) is 7.58. The van der Waals surface area contributed by atoms with Crippen molar-refractivity contribution in [3.63, 3.8) is 0 Å². The molecule has 0 aliphatic heterocycles. The zero-order chi connectivity index (χ0) is 13.5. The Morgan fingerprint density at radius 3 is 2.90 bits per heavy atom. The van der Waals surface area contributed by atoms with Crippen molar-refractivity contribution in [2.45, 2.75) is 19.8 Å². The fraction of sp³-hybridized carbons (Fsp3) is 0.389. The Kier molecular flexibility index (Phi) is 2.76. The van der Waals surface area contributed by atoms with E-state index in [-0.39, 0.29) is 0 Å². The summed E-state index contributed by atoms with van der Waals surface area (Å²) in [6.07, 6.45) is 7.56. The average molecular weight is 264 g/mol. The molecule has 1 heterocycles. The maximum atomic E-state index is 4.69. The van der Waals surface area contributed by atoms with E-state index in [2.05, 4.69) is 54.7 Å². The molecule has 0 saturated heterocycles. The maximum absolute atomic E-state index is 4.69. The van der Waals surface area contributed by atoms with Crippen molar-refractivity contribution < 1.29 is 0 Å². The number of anilines is 1. The van der Waals surface area contributed by atoms with Crippen molar-refractivity contribution in [3.05, 3.63) is 48.2 Å². The number of benzene rings is 1. The van der Waals surface area contributed by atoms with Crippen LogP contribution in [-0.2, 0) is 0 Å². The Balaban J connectivity index is 1.56. The minimum absolute atomic E-state index is 0.796. The van der Waals surface area contributed by atoms with Gasteiger partial charge in [0.15, 0.2) is 0 Å². The molecule has 1 fully saturated rings. The normalized spacial score (nSPS) is 27.4. The molecular weight excluding hydrogens is 244 g/mol. The van der Waals surface area contributed by atoms with Gasteiger partial charge in [-0.3, -0.25) is 4.98 Å². The van der Waals surface area contributed by atoms with Gasteiger partial charge in [-0.1, -0.05) is 30.4 Å². The summed E-state index contributed by atoms with van der Waals surface area (Å²) in [5.41, 5.74) is 3.36. The fourth-order valence-electron chi connectivity index (χ4n) is 3.76. The zero-order valence-corrected chi connectivity index (χ0v) is 11.8. The summed E-state index contributed by atoms with van der Waals surface area (Å²) >= 11 is 0. The first-order chi connectivity index (χ1) is 9.79. The molecule has 2 aromatic rings. The summed E-state index contributed by atoms with van der Waals surface area (Å²) in [7, 11) is 0. The number of aromatic nitrogens is 1. The molecule has 0 amide bonds. The molecule has 102 valence electrons. The number of fused-ring (bicyclic) bond motifs is 3. The molecule has 3 unspecified atom stereocenters. The maximum Gasteiger partial charge on any atom is 0.0936 e. The molecule has 2 nitrogen and oxygen atoms in total. The molecule has 1 saturated carbocycles. The van der Waals surface area contributed by atoms with E-state index in [1.807, 2.05) is 0 Å². The molecule has 2 aliphatic carbocycles. The molecule has 2 bridgehead atoms. The highest BCUT2D eigenvalue weighted by molar-refractivity contribution is 5.90. The van der Waals surface area contributed by atoms with Crippen LogP contribution in [0.5, 0.6) is 0 Å². The Labute approximate surface area is 119 Å². The van der Waals surface area contributed by atoms with Gasteiger partial charge in [-0.2, -0.15) is 0 Å². The summed E-state index contributed by atoms with van der Waals surface area (Å²) in [5.74, 6) is 2.45. The highest BCUT2D eigenvalue weighted by atomic mass is 14.9. The molecule has 2 heteroatoms. The lowest BCUT2D eigenvalue weighted by Gasteiger charge is -2.19. The highest BCUT2D eigenvalue weighted by Gasteiger charge is 2.35. The van der Waals surface area contributed by atoms with E-state index >= 15 is 0 Å². The Bertz CT molecular complexity index is 674. The highest BCUT2D eigenvalue weighted by Crippen LogP contribution is 2.43. The molecule has 20 heavy (non-hydrogen) atoms. The fourth-order valence-corrected chi connectivity index (χ4v) is 3.76. The number of pyridine rings is 1. The standard InChI is InChI=1S/C18H20N2/c1-12-5-7-14-3-2-4-17(18(14)20-12)19-11-16-10-13-6-8-15(16)9-13/h2-8,13,15-16,19H,9-11H2,1H3. The van der Waals surface area contributed by atoms with E-state index in [1.165, 1.54) is 23.9 Å². The SMILES string of the molecule is Cc1ccc2cccc(NCC3CC4C=CC3C4)c2n1. The van der Waals surface area contributed by atoms with E-state index in [0.29, 0.717) is 0 Å². The lowest BCUT2D eigenvalue weighted by molar-refractivity contribution is 0.472. The van der Waals surface area contributed by atoms with Crippen LogP contribution in [0.1, 0.15) is 18.5 Å². The van der Waals surface area contributed by atoms with E-state index in [1.54, 1.807) is 0 Å². The first kappa shape index (κ1) is 12.0. The summed E-state index contributed by atoms with van der Waals surface area (Å²) in [6.45, 7) is 3.12. The number of allylic oxidation sites excluding steroid dienone is 2. The van der Waals surface area contributed by atoms with Crippen LogP contribution >= 0.6 is 0 Å². The van der Waals surface area contributed by atoms with Crippen LogP contribution in [0.3, 0.4) is 0 Å². The second-order valence-corrected chi connectivity index (χ2v) is 6.25. The molecule has 4 rings (SSSR count). The molecule has 0 spiro atoms. The quantitative estimate of drug-likeness (QED) is 0.842. The van der Waals surface area contributed by atoms with Gasteiger partial charge in [-0.05, 0) is 49.7 Å². The topological polar surface area (TPSA) is 24.9 Å². The Morgan fingerprint density at radius 2 is 2.10 bits per heavy atom. The zero-order valence-electron chi connectivity index (χ0n) is 11.8. The van der Waals surface area contributed by atoms with Crippen LogP contribution in [-0.4, -0.2) is 11.5 Å². The number of nitrogens with one attached hydrogen (secondary N) is 1. The van der Waals surface area contributed by atoms with E-state index in [4.69, 9.17) is 4.98 Å². The van der Waals surface area contributed by atoms with E-state index < -0.39 is 0 Å². The molecule has 3 atom stereocenters. The van der Waals surface area contributed by atoms with E-state index in [0.717, 1.165) is 35.5 Å². The van der Waals surface area contributed by atoms with Crippen molar-refractivity contribution in [1.29, 1.82) is 0 Å². The minimum atomic E-state index is 0.796. The molecule has 2 aliphatic rings. The molecule has 1 aromatic carbocycles. The molecular formula is C18H20N2. The van der Waals surface area contributed by atoms with Crippen molar-refractivity contribution in [2.24, 2.45) is 17.8 Å². The van der Waals surface area contributed by atoms with Crippen molar-refractivity contribution in [3.8, 4) is 0 Å². The van der Waals surface area contributed by atoms with Crippen LogP contribution in [0.2, 0.25) is 0 Å². The second kappa shape index (κ2) is 4.62. The van der Waals surface area contributed by atoms with Crippen molar-refractivity contribution in [2.75, 3.05) is 11.9 Å². The Hall–Kier alpha value is -1.83. The van der Waals surface area contributed by atoms with Crippen LogP contribution in [0.4, 0.5) is 5.69 Å². The van der Waals surface area contributed by atoms with Crippen LogP contribution in [0.25, 0.3) is 10.9 Å². The number of para-hydroxylation sites is 1. The molecule has 1 N–H and O–H groups in total. The van der Waals surface area contributed by atoms with Gasteiger partial charge in [0.1, 0.15) is 0 Å². The number of hydrogen-bond donors (Lipinski definition) is 1. The monoisotopic (exact) mass is 264 g/mol. The Morgan fingerprint density at radius 1 is 1.15 bits per heavy atom. The van der Waals surface area contributed by atoms with Gasteiger partial charge in [0.25, 0.3) is 0 Å². The average Bonchev–Trinajstić information content (AvgIpc) is 3.07. The third-order valence-electron chi connectivity index (χ3n) is 4.83. The summed E-state index contributed by atoms with van der Waals surface area (Å²) in [4.78, 5) is 4.69. The lowest BCUT2D eigenvalue weighted by Crippen LogP contribution is -2.18. The van der Waals surface area contributed by atoms with Gasteiger partial charge in [-0.25, -0.2) is 0 Å². The third-order valence-corrected chi connectivity index (χ3v) is 4.83. The number of rotatable bonds is 3. The van der Waals surface area contributed by atoms with Gasteiger partial charge in [-0.15, -0.1) is 0 Å². The predicted octanol–water partition coefficient (Wildman–Crippen LogP) is 4.17. The van der Waals surface area contributed by atoms with Gasteiger partial charge in [0.05, 0.1) is 11.2 Å². The van der Waals surface area contributed by atoms with Crippen LogP contribution in [0, 0.1) is 24.7 Å². The van der Waals surface area contributed by atoms with Crippen LogP contribution in [0.15, 0.2) is 42.5 Å². The molecule has 0 radical (unpaired) electrons. The summed E-state index contributed by atoms with van der Waals surface area (Å²) in [6, 6.07) is 10.6. The third kappa shape index (κ3) is 2.00. The largest absolute Gasteiger partial charge is 0.383 e. The first-order valence-corrected chi connectivity index (χ1v) is 7.58. The number of hydrogen-bond acceptors (Lipinski definition) is 2. The van der Waals surface area contributed by atoms with Gasteiger partial charge in [0.2, 0.25) is 0 Å². The van der Waals surface area contributed by atoms with Gasteiger partial charge >= 0.3 is 0 Å². The van der Waals surface area contributed by atoms with E-state index in [9.17, 15) is 0 Å². The number of aryl methyl sites for hydroxylation is 1. The van der Waals surface area contributed by atoms with Crippen molar-refractivity contribution in [1.82, 2.24) is 4.98 Å². The summed E-state index contributed by atoms with van der Waals surface area (Å²) in [5, 5.41) is 4.86. The minimum Gasteiger partial charge on any atom is -0.383 e.